The van der Waals surface area contributed by atoms with Crippen LogP contribution in [-0.4, -0.2) is 44.0 Å². The maximum atomic E-state index is 11.5. The molecule has 0 radical (unpaired) electrons. The van der Waals surface area contributed by atoms with E-state index in [0.29, 0.717) is 4.67 Å². The first-order chi connectivity index (χ1) is 9.92. The van der Waals surface area contributed by atoms with Gasteiger partial charge in [0.1, 0.15) is 6.54 Å². The third-order valence-electron chi connectivity index (χ3n) is 2.03. The minimum Gasteiger partial charge on any atom is -0.454 e. The van der Waals surface area contributed by atoms with Crippen LogP contribution in [0.2, 0.25) is 0 Å². The van der Waals surface area contributed by atoms with Gasteiger partial charge in [-0.3, -0.25) is 19.7 Å². The SMILES string of the molecule is CNC(=O)NC(=O)COC(=O)CNC(=O)c1ccc(Br)o1. The normalized spacial score (nSPS) is 9.62. The van der Waals surface area contributed by atoms with Gasteiger partial charge in [-0.15, -0.1) is 0 Å². The summed E-state index contributed by atoms with van der Waals surface area (Å²) in [5.41, 5.74) is 0. The van der Waals surface area contributed by atoms with Crippen LogP contribution in [-0.2, 0) is 14.3 Å². The Morgan fingerprint density at radius 1 is 1.29 bits per heavy atom. The van der Waals surface area contributed by atoms with Gasteiger partial charge in [0.15, 0.2) is 17.0 Å². The topological polar surface area (TPSA) is 127 Å². The summed E-state index contributed by atoms with van der Waals surface area (Å²) in [4.78, 5) is 44.7. The molecular formula is C11H12BrN3O6. The number of esters is 1. The van der Waals surface area contributed by atoms with Crippen molar-refractivity contribution >= 4 is 39.7 Å². The number of carbonyl (C=O) groups is 4. The molecule has 0 spiro atoms. The van der Waals surface area contributed by atoms with Crippen LogP contribution in [0.1, 0.15) is 10.6 Å². The Labute approximate surface area is 127 Å². The van der Waals surface area contributed by atoms with E-state index in [9.17, 15) is 19.2 Å². The molecular weight excluding hydrogens is 350 g/mol. The van der Waals surface area contributed by atoms with Crippen molar-refractivity contribution in [3.63, 3.8) is 0 Å². The number of ether oxygens (including phenoxy) is 1. The van der Waals surface area contributed by atoms with Crippen LogP contribution in [0.3, 0.4) is 0 Å². The van der Waals surface area contributed by atoms with Crippen molar-refractivity contribution in [1.29, 1.82) is 0 Å². The molecule has 1 aromatic rings. The average Bonchev–Trinajstić information content (AvgIpc) is 2.89. The fourth-order valence-electron chi connectivity index (χ4n) is 1.10. The second kappa shape index (κ2) is 8.04. The number of carbonyl (C=O) groups excluding carboxylic acids is 4. The number of furan rings is 1. The smallest absolute Gasteiger partial charge is 0.325 e. The Balaban J connectivity index is 2.26. The lowest BCUT2D eigenvalue weighted by molar-refractivity contribution is -0.147. The number of amides is 4. The molecule has 0 aliphatic heterocycles. The van der Waals surface area contributed by atoms with Crippen LogP contribution >= 0.6 is 15.9 Å². The van der Waals surface area contributed by atoms with Crippen molar-refractivity contribution in [3.8, 4) is 0 Å². The molecule has 0 atom stereocenters. The summed E-state index contributed by atoms with van der Waals surface area (Å²) >= 11 is 3.03. The lowest BCUT2D eigenvalue weighted by Gasteiger charge is -2.05. The van der Waals surface area contributed by atoms with Gasteiger partial charge in [-0.1, -0.05) is 0 Å². The maximum absolute atomic E-state index is 11.5. The Hall–Kier alpha value is -2.36. The molecule has 0 saturated heterocycles. The summed E-state index contributed by atoms with van der Waals surface area (Å²) in [6.07, 6.45) is 0. The van der Waals surface area contributed by atoms with Crippen molar-refractivity contribution in [1.82, 2.24) is 16.0 Å². The molecule has 0 saturated carbocycles. The molecule has 4 amide bonds. The molecule has 9 nitrogen and oxygen atoms in total. The van der Waals surface area contributed by atoms with Crippen molar-refractivity contribution in [2.24, 2.45) is 0 Å². The van der Waals surface area contributed by atoms with Gasteiger partial charge in [0, 0.05) is 7.05 Å². The molecule has 114 valence electrons. The van der Waals surface area contributed by atoms with Gasteiger partial charge in [-0.2, -0.15) is 0 Å². The van der Waals surface area contributed by atoms with E-state index >= 15 is 0 Å². The fourth-order valence-corrected chi connectivity index (χ4v) is 1.40. The summed E-state index contributed by atoms with van der Waals surface area (Å²) in [5, 5.41) is 6.31. The number of nitrogens with one attached hydrogen (secondary N) is 3. The standard InChI is InChI=1S/C11H12BrN3O6/c1-13-11(19)15-8(16)5-20-9(17)4-14-10(18)6-2-3-7(12)21-6/h2-3H,4-5H2,1H3,(H,14,18)(H2,13,15,16,19). The molecule has 21 heavy (non-hydrogen) atoms. The van der Waals surface area contributed by atoms with Crippen LogP contribution in [0.15, 0.2) is 21.2 Å². The monoisotopic (exact) mass is 361 g/mol. The number of halogens is 1. The third kappa shape index (κ3) is 6.08. The Morgan fingerprint density at radius 2 is 2.00 bits per heavy atom. The highest BCUT2D eigenvalue weighted by Crippen LogP contribution is 2.13. The van der Waals surface area contributed by atoms with Crippen LogP contribution in [0, 0.1) is 0 Å². The Morgan fingerprint density at radius 3 is 2.57 bits per heavy atom. The van der Waals surface area contributed by atoms with Gasteiger partial charge in [0.05, 0.1) is 0 Å². The lowest BCUT2D eigenvalue weighted by Crippen LogP contribution is -2.40. The summed E-state index contributed by atoms with van der Waals surface area (Å²) in [6.45, 7) is -1.07. The van der Waals surface area contributed by atoms with E-state index in [1.807, 2.05) is 5.32 Å². The van der Waals surface area contributed by atoms with Gasteiger partial charge < -0.3 is 19.8 Å². The molecule has 10 heteroatoms. The second-order valence-corrected chi connectivity index (χ2v) is 4.36. The summed E-state index contributed by atoms with van der Waals surface area (Å²) < 4.78 is 9.91. The third-order valence-corrected chi connectivity index (χ3v) is 2.46. The molecule has 0 bridgehead atoms. The molecule has 0 aromatic carbocycles. The van der Waals surface area contributed by atoms with Crippen molar-refractivity contribution < 1.29 is 28.3 Å². The van der Waals surface area contributed by atoms with E-state index in [0.717, 1.165) is 0 Å². The minimum absolute atomic E-state index is 0.0204. The van der Waals surface area contributed by atoms with Crippen LogP contribution in [0.25, 0.3) is 0 Å². The molecule has 1 rings (SSSR count). The minimum atomic E-state index is -0.832. The molecule has 1 heterocycles. The molecule has 3 N–H and O–H groups in total. The Bertz CT molecular complexity index is 556. The van der Waals surface area contributed by atoms with E-state index in [4.69, 9.17) is 4.42 Å². The highest BCUT2D eigenvalue weighted by molar-refractivity contribution is 9.10. The van der Waals surface area contributed by atoms with Crippen molar-refractivity contribution in [2.75, 3.05) is 20.2 Å². The van der Waals surface area contributed by atoms with Gasteiger partial charge >= 0.3 is 12.0 Å². The summed E-state index contributed by atoms with van der Waals surface area (Å²) in [7, 11) is 1.33. The predicted octanol–water partition coefficient (Wildman–Crippen LogP) is -0.229. The average molecular weight is 362 g/mol. The van der Waals surface area contributed by atoms with Crippen molar-refractivity contribution in [3.05, 3.63) is 22.6 Å². The first-order valence-electron chi connectivity index (χ1n) is 5.63. The number of hydrogen-bond donors (Lipinski definition) is 3. The number of hydrogen-bond acceptors (Lipinski definition) is 6. The number of imide groups is 1. The van der Waals surface area contributed by atoms with Gasteiger partial charge in [0.25, 0.3) is 11.8 Å². The number of rotatable bonds is 5. The van der Waals surface area contributed by atoms with E-state index in [-0.39, 0.29) is 5.76 Å². The zero-order valence-electron chi connectivity index (χ0n) is 10.9. The second-order valence-electron chi connectivity index (χ2n) is 3.57. The van der Waals surface area contributed by atoms with Crippen LogP contribution in [0.5, 0.6) is 0 Å². The quantitative estimate of drug-likeness (QED) is 0.621. The fraction of sp³-hybridized carbons (Fsp3) is 0.273. The van der Waals surface area contributed by atoms with Crippen LogP contribution < -0.4 is 16.0 Å². The highest BCUT2D eigenvalue weighted by Gasteiger charge is 2.14. The van der Waals surface area contributed by atoms with Gasteiger partial charge in [-0.05, 0) is 28.1 Å². The van der Waals surface area contributed by atoms with E-state index < -0.39 is 37.0 Å². The largest absolute Gasteiger partial charge is 0.454 e. The van der Waals surface area contributed by atoms with E-state index in [1.54, 1.807) is 0 Å². The van der Waals surface area contributed by atoms with Crippen molar-refractivity contribution in [2.45, 2.75) is 0 Å². The predicted molar refractivity (Wildman–Crippen MR) is 72.3 cm³/mol. The molecule has 1 aromatic heterocycles. The van der Waals surface area contributed by atoms with E-state index in [2.05, 4.69) is 31.3 Å². The van der Waals surface area contributed by atoms with Crippen LogP contribution in [0.4, 0.5) is 4.79 Å². The molecule has 0 aliphatic carbocycles. The molecule has 0 aliphatic rings. The molecule has 0 fully saturated rings. The lowest BCUT2D eigenvalue weighted by atomic mass is 10.4. The zero-order valence-corrected chi connectivity index (χ0v) is 12.5. The highest BCUT2D eigenvalue weighted by atomic mass is 79.9. The van der Waals surface area contributed by atoms with Gasteiger partial charge in [0.2, 0.25) is 0 Å². The first kappa shape index (κ1) is 16.7. The van der Waals surface area contributed by atoms with Gasteiger partial charge in [-0.25, -0.2) is 4.79 Å². The zero-order chi connectivity index (χ0) is 15.8. The first-order valence-corrected chi connectivity index (χ1v) is 6.42. The number of urea groups is 1. The summed E-state index contributed by atoms with van der Waals surface area (Å²) in [6, 6.07) is 2.23. The van der Waals surface area contributed by atoms with E-state index in [1.165, 1.54) is 19.2 Å². The Kier molecular flexibility index (Phi) is 6.40. The molecule has 0 unspecified atom stereocenters. The maximum Gasteiger partial charge on any atom is 0.325 e. The summed E-state index contributed by atoms with van der Waals surface area (Å²) in [5.74, 6) is -2.20.